The van der Waals surface area contributed by atoms with Crippen molar-refractivity contribution in [1.29, 1.82) is 0 Å². The van der Waals surface area contributed by atoms with Crippen LogP contribution in [0, 0.1) is 5.82 Å². The number of benzene rings is 1. The fourth-order valence-corrected chi connectivity index (χ4v) is 5.42. The minimum Gasteiger partial charge on any atom is -0.389 e. The molecule has 1 N–H and O–H groups in total. The third-order valence-electron chi connectivity index (χ3n) is 7.37. The molecule has 38 heavy (non-hydrogen) atoms. The predicted molar refractivity (Wildman–Crippen MR) is 143 cm³/mol. The number of aliphatic hydroxyl groups excluding tert-OH is 1. The van der Waals surface area contributed by atoms with Crippen LogP contribution in [-0.2, 0) is 0 Å². The molecule has 4 aromatic heterocycles. The first-order valence-electron chi connectivity index (χ1n) is 12.9. The maximum Gasteiger partial charge on any atom is 0.154 e. The quantitative estimate of drug-likeness (QED) is 0.375. The van der Waals surface area contributed by atoms with E-state index in [0.29, 0.717) is 13.1 Å². The summed E-state index contributed by atoms with van der Waals surface area (Å²) in [5.41, 5.74) is 5.04. The minimum absolute atomic E-state index is 0.0810. The summed E-state index contributed by atoms with van der Waals surface area (Å²) in [5.74, 6) is 1.44. The third-order valence-corrected chi connectivity index (χ3v) is 7.37. The van der Waals surface area contributed by atoms with Crippen molar-refractivity contribution in [2.24, 2.45) is 0 Å². The second kappa shape index (κ2) is 9.18. The van der Waals surface area contributed by atoms with Gasteiger partial charge in [-0.2, -0.15) is 0 Å². The number of hydrogen-bond donors (Lipinski definition) is 1. The highest BCUT2D eigenvalue weighted by atomic mass is 19.1. The van der Waals surface area contributed by atoms with Crippen LogP contribution in [0.1, 0.15) is 24.4 Å². The summed E-state index contributed by atoms with van der Waals surface area (Å²) in [5, 5.41) is 14.6. The molecule has 2 saturated heterocycles. The van der Waals surface area contributed by atoms with Gasteiger partial charge in [0.25, 0.3) is 0 Å². The highest BCUT2D eigenvalue weighted by Gasteiger charge is 2.28. The van der Waals surface area contributed by atoms with Crippen LogP contribution in [0.25, 0.3) is 28.3 Å². The molecule has 0 bridgehead atoms. The van der Waals surface area contributed by atoms with E-state index in [4.69, 9.17) is 10.1 Å². The number of nitrogens with zero attached hydrogens (tertiary/aromatic N) is 7. The number of aliphatic hydroxyl groups is 1. The monoisotopic (exact) mass is 507 g/mol. The summed E-state index contributed by atoms with van der Waals surface area (Å²) in [7, 11) is 0. The number of fused-ring (bicyclic) bond motifs is 1. The molecule has 5 aromatic rings. The lowest BCUT2D eigenvalue weighted by Gasteiger charge is -2.36. The first-order valence-corrected chi connectivity index (χ1v) is 12.9. The van der Waals surface area contributed by atoms with Crippen molar-refractivity contribution in [3.05, 3.63) is 90.5 Å². The molecular formula is C29H26FN7O. The Morgan fingerprint density at radius 3 is 2.63 bits per heavy atom. The second-order valence-electron chi connectivity index (χ2n) is 9.88. The minimum atomic E-state index is -0.292. The summed E-state index contributed by atoms with van der Waals surface area (Å²) < 4.78 is 15.8. The summed E-state index contributed by atoms with van der Waals surface area (Å²) in [6, 6.07) is 20.7. The van der Waals surface area contributed by atoms with Crippen LogP contribution in [0.5, 0.6) is 0 Å². The highest BCUT2D eigenvalue weighted by molar-refractivity contribution is 5.68. The van der Waals surface area contributed by atoms with E-state index in [-0.39, 0.29) is 18.0 Å². The number of imidazole rings is 1. The topological polar surface area (TPSA) is 82.7 Å². The number of hydrogen-bond acceptors (Lipinski definition) is 7. The standard InChI is InChI=1S/C29H26FN7O/c30-21-5-1-4-20(14-21)25-8-3-13-36(25)28-10-9-27-32-16-26(37(27)34-28)24-7-2-6-23(33-24)19-11-12-31-29(15-19)35-17-22(38)18-35/h1-2,4-7,9-12,14-16,22,25,38H,3,8,13,17-18H2/t25-/m1/s1. The van der Waals surface area contributed by atoms with Gasteiger partial charge >= 0.3 is 0 Å². The zero-order valence-electron chi connectivity index (χ0n) is 20.7. The van der Waals surface area contributed by atoms with Gasteiger partial charge in [-0.3, -0.25) is 0 Å². The van der Waals surface area contributed by atoms with Crippen LogP contribution in [0.15, 0.2) is 79.1 Å². The Morgan fingerprint density at radius 2 is 1.76 bits per heavy atom. The van der Waals surface area contributed by atoms with E-state index < -0.39 is 0 Å². The molecule has 0 saturated carbocycles. The van der Waals surface area contributed by atoms with Gasteiger partial charge in [-0.05, 0) is 66.9 Å². The first kappa shape index (κ1) is 22.8. The molecule has 0 amide bonds. The predicted octanol–water partition coefficient (Wildman–Crippen LogP) is 4.51. The molecule has 0 radical (unpaired) electrons. The summed E-state index contributed by atoms with van der Waals surface area (Å²) in [6.45, 7) is 2.05. The van der Waals surface area contributed by atoms with Crippen molar-refractivity contribution < 1.29 is 9.50 Å². The largest absolute Gasteiger partial charge is 0.389 e. The number of anilines is 2. The molecule has 8 nitrogen and oxygen atoms in total. The lowest BCUT2D eigenvalue weighted by Crippen LogP contribution is -2.51. The Hall–Kier alpha value is -4.37. The molecule has 0 unspecified atom stereocenters. The first-order chi connectivity index (χ1) is 18.6. The van der Waals surface area contributed by atoms with Gasteiger partial charge in [-0.1, -0.05) is 18.2 Å². The van der Waals surface area contributed by atoms with Crippen molar-refractivity contribution in [3.63, 3.8) is 0 Å². The molecule has 0 spiro atoms. The smallest absolute Gasteiger partial charge is 0.154 e. The highest BCUT2D eigenvalue weighted by Crippen LogP contribution is 2.36. The normalized spacial score (nSPS) is 17.8. The zero-order chi connectivity index (χ0) is 25.6. The molecule has 2 fully saturated rings. The molecule has 190 valence electrons. The fourth-order valence-electron chi connectivity index (χ4n) is 5.42. The lowest BCUT2D eigenvalue weighted by molar-refractivity contribution is 0.141. The molecule has 9 heteroatoms. The Kier molecular flexibility index (Phi) is 5.51. The van der Waals surface area contributed by atoms with Gasteiger partial charge in [0.2, 0.25) is 0 Å². The van der Waals surface area contributed by atoms with Gasteiger partial charge in [0.1, 0.15) is 23.1 Å². The molecule has 1 atom stereocenters. The second-order valence-corrected chi connectivity index (χ2v) is 9.88. The molecule has 6 heterocycles. The van der Waals surface area contributed by atoms with Crippen LogP contribution in [0.4, 0.5) is 16.0 Å². The van der Waals surface area contributed by atoms with Crippen molar-refractivity contribution in [2.45, 2.75) is 25.0 Å². The van der Waals surface area contributed by atoms with Crippen LogP contribution < -0.4 is 9.80 Å². The third kappa shape index (κ3) is 4.05. The number of aromatic nitrogens is 5. The molecule has 2 aliphatic heterocycles. The number of pyridine rings is 2. The van der Waals surface area contributed by atoms with E-state index in [9.17, 15) is 9.50 Å². The van der Waals surface area contributed by atoms with E-state index in [1.165, 1.54) is 6.07 Å². The van der Waals surface area contributed by atoms with Crippen molar-refractivity contribution >= 4 is 17.3 Å². The zero-order valence-corrected chi connectivity index (χ0v) is 20.7. The maximum atomic E-state index is 13.9. The van der Waals surface area contributed by atoms with Crippen molar-refractivity contribution in [3.8, 4) is 22.6 Å². The molecule has 1 aromatic carbocycles. The summed E-state index contributed by atoms with van der Waals surface area (Å²) >= 11 is 0. The SMILES string of the molecule is OC1CN(c2cc(-c3cccc(-c4cnc5ccc(N6CCC[C@@H]6c6cccc(F)c6)nn45)n3)ccn2)C1. The molecule has 0 aliphatic carbocycles. The van der Waals surface area contributed by atoms with Crippen LogP contribution >= 0.6 is 0 Å². The Balaban J connectivity index is 1.22. The summed E-state index contributed by atoms with van der Waals surface area (Å²) in [4.78, 5) is 18.3. The van der Waals surface area contributed by atoms with Gasteiger partial charge in [0.05, 0.1) is 29.7 Å². The van der Waals surface area contributed by atoms with Gasteiger partial charge < -0.3 is 14.9 Å². The van der Waals surface area contributed by atoms with E-state index >= 15 is 0 Å². The molecule has 7 rings (SSSR count). The number of β-amino-alcohol motifs (C(OH)–C–C–N with tert-alkyl or cyclic N) is 1. The lowest BCUT2D eigenvalue weighted by atomic mass is 10.0. The molecular weight excluding hydrogens is 481 g/mol. The Labute approximate surface area is 219 Å². The van der Waals surface area contributed by atoms with Gasteiger partial charge in [0.15, 0.2) is 5.65 Å². The van der Waals surface area contributed by atoms with Crippen molar-refractivity contribution in [2.75, 3.05) is 29.4 Å². The maximum absolute atomic E-state index is 13.9. The number of rotatable bonds is 5. The van der Waals surface area contributed by atoms with Gasteiger partial charge in [-0.25, -0.2) is 23.9 Å². The Morgan fingerprint density at radius 1 is 0.895 bits per heavy atom. The van der Waals surface area contributed by atoms with Gasteiger partial charge in [0, 0.05) is 31.4 Å². The van der Waals surface area contributed by atoms with Gasteiger partial charge in [-0.15, -0.1) is 5.10 Å². The average Bonchev–Trinajstić information content (AvgIpc) is 3.59. The fraction of sp³-hybridized carbons (Fsp3) is 0.241. The molecule has 2 aliphatic rings. The van der Waals surface area contributed by atoms with E-state index in [0.717, 1.165) is 64.9 Å². The van der Waals surface area contributed by atoms with E-state index in [1.54, 1.807) is 24.5 Å². The summed E-state index contributed by atoms with van der Waals surface area (Å²) in [6.07, 6.45) is 5.25. The Bertz CT molecular complexity index is 1630. The van der Waals surface area contributed by atoms with Crippen LogP contribution in [0.3, 0.4) is 0 Å². The average molecular weight is 508 g/mol. The van der Waals surface area contributed by atoms with Crippen LogP contribution in [-0.4, -0.2) is 55.4 Å². The van der Waals surface area contributed by atoms with E-state index in [2.05, 4.69) is 14.9 Å². The van der Waals surface area contributed by atoms with Crippen molar-refractivity contribution in [1.82, 2.24) is 24.6 Å². The van der Waals surface area contributed by atoms with E-state index in [1.807, 2.05) is 57.9 Å². The number of halogens is 1. The van der Waals surface area contributed by atoms with Crippen LogP contribution in [0.2, 0.25) is 0 Å².